The van der Waals surface area contributed by atoms with Crippen molar-refractivity contribution in [2.75, 3.05) is 13.7 Å². The van der Waals surface area contributed by atoms with E-state index in [0.717, 1.165) is 11.1 Å². The summed E-state index contributed by atoms with van der Waals surface area (Å²) in [6, 6.07) is 7.40. The first-order valence-electron chi connectivity index (χ1n) is 5.66. The van der Waals surface area contributed by atoms with Crippen LogP contribution in [-0.2, 0) is 20.9 Å². The summed E-state index contributed by atoms with van der Waals surface area (Å²) in [4.78, 5) is 11.3. The average Bonchev–Trinajstić information content (AvgIpc) is 2.30. The van der Waals surface area contributed by atoms with Gasteiger partial charge in [-0.3, -0.25) is 4.79 Å². The van der Waals surface area contributed by atoms with Gasteiger partial charge in [0.05, 0.1) is 19.6 Å². The molecule has 17 heavy (non-hydrogen) atoms. The molecule has 0 fully saturated rings. The number of methoxy groups -OCH3 is 1. The molecule has 0 saturated heterocycles. The van der Waals surface area contributed by atoms with Crippen LogP contribution in [0.1, 0.15) is 30.5 Å². The highest BCUT2D eigenvalue weighted by Gasteiger charge is 2.12. The second kappa shape index (κ2) is 7.04. The fourth-order valence-electron chi connectivity index (χ4n) is 1.60. The van der Waals surface area contributed by atoms with Gasteiger partial charge >= 0.3 is 5.97 Å². The summed E-state index contributed by atoms with van der Waals surface area (Å²) in [6.07, 6.45) is 0.199. The molecule has 0 bridgehead atoms. The molecule has 1 aromatic carbocycles. The summed E-state index contributed by atoms with van der Waals surface area (Å²) < 4.78 is 9.92. The van der Waals surface area contributed by atoms with Gasteiger partial charge in [0, 0.05) is 13.2 Å². The molecule has 1 atom stereocenters. The van der Waals surface area contributed by atoms with Gasteiger partial charge in [-0.05, 0) is 18.1 Å². The minimum Gasteiger partial charge on any atom is -0.466 e. The van der Waals surface area contributed by atoms with Gasteiger partial charge in [0.1, 0.15) is 0 Å². The molecule has 0 radical (unpaired) electrons. The van der Waals surface area contributed by atoms with E-state index in [-0.39, 0.29) is 18.4 Å². The predicted octanol–water partition coefficient (Wildman–Crippen LogP) is 1.79. The minimum absolute atomic E-state index is 0.199. The quantitative estimate of drug-likeness (QED) is 0.766. The maximum Gasteiger partial charge on any atom is 0.307 e. The smallest absolute Gasteiger partial charge is 0.307 e. The van der Waals surface area contributed by atoms with Crippen LogP contribution in [0.2, 0.25) is 0 Å². The molecule has 0 aromatic heterocycles. The molecule has 1 unspecified atom stereocenters. The molecule has 0 spiro atoms. The van der Waals surface area contributed by atoms with E-state index in [0.29, 0.717) is 13.2 Å². The first-order chi connectivity index (χ1) is 8.17. The van der Waals surface area contributed by atoms with Crippen LogP contribution in [0.3, 0.4) is 0 Å². The lowest BCUT2D eigenvalue weighted by atomic mass is 10.0. The Morgan fingerprint density at radius 2 is 2.24 bits per heavy atom. The van der Waals surface area contributed by atoms with E-state index in [4.69, 9.17) is 15.2 Å². The van der Waals surface area contributed by atoms with Crippen molar-refractivity contribution in [3.8, 4) is 0 Å². The number of benzene rings is 1. The highest BCUT2D eigenvalue weighted by Crippen LogP contribution is 2.16. The first-order valence-corrected chi connectivity index (χ1v) is 5.66. The molecule has 1 aromatic rings. The lowest BCUT2D eigenvalue weighted by Crippen LogP contribution is -2.17. The molecular formula is C13H19NO3. The number of carbonyl (C=O) groups is 1. The van der Waals surface area contributed by atoms with Crippen molar-refractivity contribution < 1.29 is 14.3 Å². The van der Waals surface area contributed by atoms with Gasteiger partial charge in [0.25, 0.3) is 0 Å². The van der Waals surface area contributed by atoms with Gasteiger partial charge in [0.15, 0.2) is 0 Å². The maximum atomic E-state index is 11.3. The summed E-state index contributed by atoms with van der Waals surface area (Å²) in [5.74, 6) is -0.267. The molecule has 0 amide bonds. The summed E-state index contributed by atoms with van der Waals surface area (Å²) in [7, 11) is 1.64. The SMILES string of the molecule is CCOC(=O)CC(N)c1cccc(COC)c1. The lowest BCUT2D eigenvalue weighted by Gasteiger charge is -2.12. The Bertz CT molecular complexity index is 365. The third kappa shape index (κ3) is 4.54. The zero-order valence-electron chi connectivity index (χ0n) is 10.3. The number of nitrogens with two attached hydrogens (primary N) is 1. The van der Waals surface area contributed by atoms with Crippen molar-refractivity contribution in [1.29, 1.82) is 0 Å². The highest BCUT2D eigenvalue weighted by atomic mass is 16.5. The summed E-state index contributed by atoms with van der Waals surface area (Å²) in [5, 5.41) is 0. The Balaban J connectivity index is 2.64. The van der Waals surface area contributed by atoms with Gasteiger partial charge in [-0.1, -0.05) is 24.3 Å². The molecular weight excluding hydrogens is 218 g/mol. The van der Waals surface area contributed by atoms with Crippen molar-refractivity contribution in [3.05, 3.63) is 35.4 Å². The van der Waals surface area contributed by atoms with Crippen LogP contribution in [0, 0.1) is 0 Å². The Hall–Kier alpha value is -1.39. The van der Waals surface area contributed by atoms with Gasteiger partial charge in [-0.25, -0.2) is 0 Å². The lowest BCUT2D eigenvalue weighted by molar-refractivity contribution is -0.143. The number of hydrogen-bond donors (Lipinski definition) is 1. The van der Waals surface area contributed by atoms with E-state index in [1.807, 2.05) is 24.3 Å². The predicted molar refractivity (Wildman–Crippen MR) is 65.3 cm³/mol. The molecule has 4 nitrogen and oxygen atoms in total. The number of ether oxygens (including phenoxy) is 2. The fourth-order valence-corrected chi connectivity index (χ4v) is 1.60. The standard InChI is InChI=1S/C13H19NO3/c1-3-17-13(15)8-12(14)11-6-4-5-10(7-11)9-16-2/h4-7,12H,3,8-9,14H2,1-2H3. The molecule has 0 aliphatic heterocycles. The zero-order valence-corrected chi connectivity index (χ0v) is 10.3. The van der Waals surface area contributed by atoms with E-state index in [1.54, 1.807) is 14.0 Å². The molecule has 0 heterocycles. The summed E-state index contributed by atoms with van der Waals surface area (Å²) >= 11 is 0. The van der Waals surface area contributed by atoms with E-state index < -0.39 is 0 Å². The first kappa shape index (κ1) is 13.7. The van der Waals surface area contributed by atoms with E-state index in [2.05, 4.69) is 0 Å². The summed E-state index contributed by atoms with van der Waals surface area (Å²) in [6.45, 7) is 2.71. The van der Waals surface area contributed by atoms with Crippen molar-refractivity contribution in [2.45, 2.75) is 26.0 Å². The van der Waals surface area contributed by atoms with Gasteiger partial charge < -0.3 is 15.2 Å². The van der Waals surface area contributed by atoms with E-state index in [1.165, 1.54) is 0 Å². The number of esters is 1. The van der Waals surface area contributed by atoms with Crippen LogP contribution in [0.4, 0.5) is 0 Å². The van der Waals surface area contributed by atoms with Crippen LogP contribution < -0.4 is 5.73 Å². The molecule has 0 aliphatic rings. The highest BCUT2D eigenvalue weighted by molar-refractivity contribution is 5.70. The van der Waals surface area contributed by atoms with Crippen molar-refractivity contribution >= 4 is 5.97 Å². The van der Waals surface area contributed by atoms with Crippen LogP contribution in [0.25, 0.3) is 0 Å². The molecule has 0 aliphatic carbocycles. The van der Waals surface area contributed by atoms with Gasteiger partial charge in [0.2, 0.25) is 0 Å². The largest absolute Gasteiger partial charge is 0.466 e. The number of rotatable bonds is 6. The molecule has 2 N–H and O–H groups in total. The molecule has 0 saturated carbocycles. The van der Waals surface area contributed by atoms with Crippen molar-refractivity contribution in [3.63, 3.8) is 0 Å². The van der Waals surface area contributed by atoms with Gasteiger partial charge in [-0.2, -0.15) is 0 Å². The number of carbonyl (C=O) groups excluding carboxylic acids is 1. The summed E-state index contributed by atoms with van der Waals surface area (Å²) in [5.41, 5.74) is 7.92. The fraction of sp³-hybridized carbons (Fsp3) is 0.462. The van der Waals surface area contributed by atoms with Gasteiger partial charge in [-0.15, -0.1) is 0 Å². The van der Waals surface area contributed by atoms with E-state index >= 15 is 0 Å². The monoisotopic (exact) mass is 237 g/mol. The average molecular weight is 237 g/mol. The van der Waals surface area contributed by atoms with Crippen LogP contribution in [0.15, 0.2) is 24.3 Å². The number of hydrogen-bond acceptors (Lipinski definition) is 4. The van der Waals surface area contributed by atoms with Crippen LogP contribution in [0.5, 0.6) is 0 Å². The normalized spacial score (nSPS) is 12.2. The Labute approximate surface area is 102 Å². The third-order valence-corrected chi connectivity index (χ3v) is 2.38. The molecule has 94 valence electrons. The Kier molecular flexibility index (Phi) is 5.66. The minimum atomic E-state index is -0.328. The second-order valence-electron chi connectivity index (χ2n) is 3.79. The van der Waals surface area contributed by atoms with Crippen LogP contribution >= 0.6 is 0 Å². The maximum absolute atomic E-state index is 11.3. The van der Waals surface area contributed by atoms with Crippen LogP contribution in [-0.4, -0.2) is 19.7 Å². The van der Waals surface area contributed by atoms with Crippen molar-refractivity contribution in [1.82, 2.24) is 0 Å². The second-order valence-corrected chi connectivity index (χ2v) is 3.79. The molecule has 1 rings (SSSR count). The Morgan fingerprint density at radius 1 is 1.47 bits per heavy atom. The Morgan fingerprint density at radius 3 is 2.88 bits per heavy atom. The van der Waals surface area contributed by atoms with E-state index in [9.17, 15) is 4.79 Å². The third-order valence-electron chi connectivity index (χ3n) is 2.38. The topological polar surface area (TPSA) is 61.5 Å². The molecule has 4 heteroatoms. The zero-order chi connectivity index (χ0) is 12.7. The van der Waals surface area contributed by atoms with Crippen molar-refractivity contribution in [2.24, 2.45) is 5.73 Å².